The van der Waals surface area contributed by atoms with Crippen molar-refractivity contribution < 1.29 is 9.18 Å². The normalized spacial score (nSPS) is 14.9. The molecular formula is C30H26FN5O. The fourth-order valence-corrected chi connectivity index (χ4v) is 4.74. The van der Waals surface area contributed by atoms with Crippen LogP contribution in [0.1, 0.15) is 23.1 Å². The van der Waals surface area contributed by atoms with Gasteiger partial charge in [-0.3, -0.25) is 24.7 Å². The van der Waals surface area contributed by atoms with Gasteiger partial charge in [-0.25, -0.2) is 4.39 Å². The highest BCUT2D eigenvalue weighted by atomic mass is 19.1. The van der Waals surface area contributed by atoms with Crippen molar-refractivity contribution >= 4 is 17.3 Å². The number of pyridine rings is 2. The molecule has 2 aromatic heterocycles. The molecule has 2 aromatic carbocycles. The molecular weight excluding hydrogens is 465 g/mol. The Bertz CT molecular complexity index is 1480. The molecule has 7 heteroatoms. The first-order chi connectivity index (χ1) is 18.1. The van der Waals surface area contributed by atoms with Crippen LogP contribution in [0.15, 0.2) is 84.2 Å². The standard InChI is InChI=1S/C30H26FN5O/c31-25-6-4-22(5-7-25)28-9-8-26(18-34-28)35-30(37)29-27-15-23(3-2-21(27)10-11-33-29)24-14-20(16-32-17-24)19-36-12-1-13-36/h2-9,14-18H,1,10-13,19H2,(H,35,37). The van der Waals surface area contributed by atoms with E-state index in [1.165, 1.54) is 24.1 Å². The number of halogens is 1. The number of amides is 1. The van der Waals surface area contributed by atoms with E-state index < -0.39 is 0 Å². The molecule has 6 rings (SSSR count). The van der Waals surface area contributed by atoms with Crippen LogP contribution >= 0.6 is 0 Å². The Kier molecular flexibility index (Phi) is 6.28. The summed E-state index contributed by atoms with van der Waals surface area (Å²) < 4.78 is 13.2. The number of hydrogen-bond donors (Lipinski definition) is 1. The summed E-state index contributed by atoms with van der Waals surface area (Å²) in [6.45, 7) is 3.77. The molecule has 4 aromatic rings. The monoisotopic (exact) mass is 491 g/mol. The molecule has 6 nitrogen and oxygen atoms in total. The average Bonchev–Trinajstić information content (AvgIpc) is 2.91. The fraction of sp³-hybridized carbons (Fsp3) is 0.200. The molecule has 0 atom stereocenters. The molecule has 1 saturated heterocycles. The van der Waals surface area contributed by atoms with Crippen LogP contribution in [-0.4, -0.2) is 46.1 Å². The zero-order chi connectivity index (χ0) is 25.2. The van der Waals surface area contributed by atoms with Crippen molar-refractivity contribution in [3.63, 3.8) is 0 Å². The maximum atomic E-state index is 13.3. The molecule has 184 valence electrons. The Hall–Kier alpha value is -4.23. The summed E-state index contributed by atoms with van der Waals surface area (Å²) in [7, 11) is 0. The number of aliphatic imine (C=N–C) groups is 1. The van der Waals surface area contributed by atoms with Crippen molar-refractivity contribution in [2.75, 3.05) is 25.0 Å². The van der Waals surface area contributed by atoms with Crippen LogP contribution in [0, 0.1) is 5.82 Å². The molecule has 4 heterocycles. The van der Waals surface area contributed by atoms with Crippen molar-refractivity contribution in [1.29, 1.82) is 0 Å². The largest absolute Gasteiger partial charge is 0.319 e. The van der Waals surface area contributed by atoms with E-state index in [-0.39, 0.29) is 11.7 Å². The minimum absolute atomic E-state index is 0.265. The summed E-state index contributed by atoms with van der Waals surface area (Å²) in [5.74, 6) is -0.556. The first-order valence-electron chi connectivity index (χ1n) is 12.5. The van der Waals surface area contributed by atoms with Crippen LogP contribution in [0.2, 0.25) is 0 Å². The van der Waals surface area contributed by atoms with E-state index in [1.54, 1.807) is 30.5 Å². The Morgan fingerprint density at radius 2 is 1.76 bits per heavy atom. The van der Waals surface area contributed by atoms with Crippen LogP contribution in [0.3, 0.4) is 0 Å². The summed E-state index contributed by atoms with van der Waals surface area (Å²) >= 11 is 0. The molecule has 0 aliphatic carbocycles. The van der Waals surface area contributed by atoms with Gasteiger partial charge in [-0.1, -0.05) is 12.1 Å². The van der Waals surface area contributed by atoms with E-state index in [4.69, 9.17) is 0 Å². The van der Waals surface area contributed by atoms with E-state index in [0.717, 1.165) is 53.9 Å². The number of likely N-dealkylation sites (tertiary alicyclic amines) is 1. The molecule has 1 fully saturated rings. The maximum absolute atomic E-state index is 13.3. The summed E-state index contributed by atoms with van der Waals surface area (Å²) in [5.41, 5.74) is 7.71. The van der Waals surface area contributed by atoms with Gasteiger partial charge in [0.2, 0.25) is 0 Å². The summed E-state index contributed by atoms with van der Waals surface area (Å²) in [4.78, 5) is 29.1. The van der Waals surface area contributed by atoms with E-state index in [2.05, 4.69) is 43.4 Å². The maximum Gasteiger partial charge on any atom is 0.274 e. The third-order valence-electron chi connectivity index (χ3n) is 6.88. The number of nitrogens with one attached hydrogen (secondary N) is 1. The number of nitrogens with zero attached hydrogens (tertiary/aromatic N) is 4. The Labute approximate surface area is 214 Å². The third-order valence-corrected chi connectivity index (χ3v) is 6.88. The lowest BCUT2D eigenvalue weighted by Gasteiger charge is -2.30. The van der Waals surface area contributed by atoms with Gasteiger partial charge >= 0.3 is 0 Å². The quantitative estimate of drug-likeness (QED) is 0.406. The van der Waals surface area contributed by atoms with Crippen molar-refractivity contribution in [3.05, 3.63) is 102 Å². The van der Waals surface area contributed by atoms with E-state index in [9.17, 15) is 9.18 Å². The van der Waals surface area contributed by atoms with Crippen LogP contribution in [0.4, 0.5) is 10.1 Å². The first kappa shape index (κ1) is 23.2. The second kappa shape index (κ2) is 10.0. The Balaban J connectivity index is 1.21. The van der Waals surface area contributed by atoms with Crippen molar-refractivity contribution in [2.45, 2.75) is 19.4 Å². The van der Waals surface area contributed by atoms with Gasteiger partial charge in [0.25, 0.3) is 5.91 Å². The molecule has 0 unspecified atom stereocenters. The molecule has 0 saturated carbocycles. The lowest BCUT2D eigenvalue weighted by Crippen LogP contribution is -2.36. The van der Waals surface area contributed by atoms with Crippen molar-refractivity contribution in [1.82, 2.24) is 14.9 Å². The Morgan fingerprint density at radius 1 is 0.919 bits per heavy atom. The molecule has 0 bridgehead atoms. The lowest BCUT2D eigenvalue weighted by atomic mass is 9.92. The smallest absolute Gasteiger partial charge is 0.274 e. The molecule has 2 aliphatic rings. The highest BCUT2D eigenvalue weighted by Gasteiger charge is 2.22. The van der Waals surface area contributed by atoms with E-state index in [0.29, 0.717) is 23.6 Å². The van der Waals surface area contributed by atoms with Gasteiger partial charge < -0.3 is 5.32 Å². The number of hydrogen-bond acceptors (Lipinski definition) is 5. The molecule has 0 spiro atoms. The Morgan fingerprint density at radius 3 is 2.51 bits per heavy atom. The van der Waals surface area contributed by atoms with Gasteiger partial charge in [0.15, 0.2) is 0 Å². The summed E-state index contributed by atoms with van der Waals surface area (Å²) in [6.07, 6.45) is 7.46. The van der Waals surface area contributed by atoms with Crippen LogP contribution in [0.25, 0.3) is 22.4 Å². The number of rotatable bonds is 6. The highest BCUT2D eigenvalue weighted by molar-refractivity contribution is 6.49. The van der Waals surface area contributed by atoms with Gasteiger partial charge in [0, 0.05) is 42.2 Å². The number of fused-ring (bicyclic) bond motifs is 1. The van der Waals surface area contributed by atoms with Gasteiger partial charge in [-0.05, 0) is 91.2 Å². The van der Waals surface area contributed by atoms with E-state index >= 15 is 0 Å². The second-order valence-corrected chi connectivity index (χ2v) is 9.46. The fourth-order valence-electron chi connectivity index (χ4n) is 4.74. The zero-order valence-corrected chi connectivity index (χ0v) is 20.3. The molecule has 0 radical (unpaired) electrons. The average molecular weight is 492 g/mol. The topological polar surface area (TPSA) is 70.5 Å². The predicted molar refractivity (Wildman–Crippen MR) is 143 cm³/mol. The minimum atomic E-state index is -0.292. The SMILES string of the molecule is O=C(Nc1ccc(-c2ccc(F)cc2)nc1)C1=NCCc2ccc(-c3cncc(CN4CCC4)c3)cc21. The first-order valence-corrected chi connectivity index (χ1v) is 12.5. The number of benzene rings is 2. The van der Waals surface area contributed by atoms with Gasteiger partial charge in [-0.15, -0.1) is 0 Å². The summed E-state index contributed by atoms with van der Waals surface area (Å²) in [6, 6.07) is 18.2. The van der Waals surface area contributed by atoms with Crippen molar-refractivity contribution in [3.8, 4) is 22.4 Å². The van der Waals surface area contributed by atoms with E-state index in [1.807, 2.05) is 18.5 Å². The molecule has 1 N–H and O–H groups in total. The number of carbonyl (C=O) groups is 1. The predicted octanol–water partition coefficient (Wildman–Crippen LogP) is 5.14. The molecule has 2 aliphatic heterocycles. The zero-order valence-electron chi connectivity index (χ0n) is 20.3. The number of anilines is 1. The third kappa shape index (κ3) is 5.04. The molecule has 37 heavy (non-hydrogen) atoms. The van der Waals surface area contributed by atoms with Crippen LogP contribution in [0.5, 0.6) is 0 Å². The van der Waals surface area contributed by atoms with Gasteiger partial charge in [0.05, 0.1) is 17.6 Å². The number of aromatic nitrogens is 2. The van der Waals surface area contributed by atoms with Gasteiger partial charge in [0.1, 0.15) is 11.5 Å². The highest BCUT2D eigenvalue weighted by Crippen LogP contribution is 2.27. The minimum Gasteiger partial charge on any atom is -0.319 e. The number of carbonyl (C=O) groups excluding carboxylic acids is 1. The van der Waals surface area contributed by atoms with Gasteiger partial charge in [-0.2, -0.15) is 0 Å². The van der Waals surface area contributed by atoms with Crippen LogP contribution in [-0.2, 0) is 17.8 Å². The lowest BCUT2D eigenvalue weighted by molar-refractivity contribution is -0.110. The van der Waals surface area contributed by atoms with Crippen LogP contribution < -0.4 is 5.32 Å². The summed E-state index contributed by atoms with van der Waals surface area (Å²) in [5, 5.41) is 2.93. The molecule has 1 amide bonds. The second-order valence-electron chi connectivity index (χ2n) is 9.46. The van der Waals surface area contributed by atoms with Crippen molar-refractivity contribution in [2.24, 2.45) is 4.99 Å².